The van der Waals surface area contributed by atoms with Gasteiger partial charge in [0.05, 0.1) is 24.2 Å². The molecule has 2 fully saturated rings. The number of aliphatic hydroxyl groups is 1. The van der Waals surface area contributed by atoms with Crippen LogP contribution in [0.15, 0.2) is 42.7 Å². The van der Waals surface area contributed by atoms with Crippen molar-refractivity contribution in [1.29, 1.82) is 0 Å². The monoisotopic (exact) mass is 454 g/mol. The van der Waals surface area contributed by atoms with Gasteiger partial charge in [0.15, 0.2) is 0 Å². The lowest BCUT2D eigenvalue weighted by molar-refractivity contribution is 0.0777. The van der Waals surface area contributed by atoms with Crippen LogP contribution in [0.5, 0.6) is 0 Å². The van der Waals surface area contributed by atoms with E-state index in [-0.39, 0.29) is 35.4 Å². The molecule has 3 aromatic rings. The number of hydrogen-bond acceptors (Lipinski definition) is 6. The molecule has 8 nitrogen and oxygen atoms in total. The van der Waals surface area contributed by atoms with E-state index in [2.05, 4.69) is 20.1 Å². The average molecular weight is 454 g/mol. The first-order chi connectivity index (χ1) is 15.9. The van der Waals surface area contributed by atoms with Crippen molar-refractivity contribution >= 4 is 11.7 Å². The molecule has 0 radical (unpaired) electrons. The van der Waals surface area contributed by atoms with E-state index in [1.165, 1.54) is 35.4 Å². The summed E-state index contributed by atoms with van der Waals surface area (Å²) >= 11 is 0. The highest BCUT2D eigenvalue weighted by Gasteiger charge is 2.43. The molecule has 33 heavy (non-hydrogen) atoms. The second-order valence-corrected chi connectivity index (χ2v) is 8.74. The molecule has 0 aliphatic carbocycles. The van der Waals surface area contributed by atoms with Gasteiger partial charge in [0.1, 0.15) is 28.7 Å². The lowest BCUT2D eigenvalue weighted by Gasteiger charge is -2.23. The Morgan fingerprint density at radius 2 is 1.76 bits per heavy atom. The number of fused-ring (bicyclic) bond motifs is 1. The number of aliphatic hydroxyl groups excluding tert-OH is 1. The summed E-state index contributed by atoms with van der Waals surface area (Å²) < 4.78 is 28.7. The minimum absolute atomic E-state index is 0.0338. The van der Waals surface area contributed by atoms with Crippen molar-refractivity contribution in [2.45, 2.75) is 19.4 Å². The molecule has 0 spiro atoms. The van der Waals surface area contributed by atoms with E-state index in [9.17, 15) is 18.7 Å². The van der Waals surface area contributed by atoms with Crippen LogP contribution in [0.1, 0.15) is 23.0 Å². The van der Waals surface area contributed by atoms with Crippen molar-refractivity contribution in [1.82, 2.24) is 24.9 Å². The number of amides is 1. The molecule has 1 unspecified atom stereocenters. The number of aromatic nitrogens is 4. The van der Waals surface area contributed by atoms with Crippen LogP contribution in [0.4, 0.5) is 14.6 Å². The maximum absolute atomic E-state index is 14.7. The predicted octanol–water partition coefficient (Wildman–Crippen LogP) is 2.07. The van der Waals surface area contributed by atoms with E-state index in [1.807, 2.05) is 0 Å². The Kier molecular flexibility index (Phi) is 5.53. The number of hydrogen-bond donors (Lipinski definition) is 1. The molecule has 0 saturated carbocycles. The highest BCUT2D eigenvalue weighted by molar-refractivity contribution is 5.98. The van der Waals surface area contributed by atoms with Gasteiger partial charge >= 0.3 is 0 Å². The van der Waals surface area contributed by atoms with Crippen LogP contribution in [0.25, 0.3) is 5.69 Å². The Balaban J connectivity index is 1.31. The van der Waals surface area contributed by atoms with Crippen molar-refractivity contribution in [2.24, 2.45) is 11.8 Å². The first-order valence-electron chi connectivity index (χ1n) is 10.9. The first kappa shape index (κ1) is 21.4. The number of halogens is 2. The zero-order valence-electron chi connectivity index (χ0n) is 18.1. The van der Waals surface area contributed by atoms with Crippen LogP contribution in [0.3, 0.4) is 0 Å². The molecular weight excluding hydrogens is 430 g/mol. The molecular formula is C23H24F2N6O2. The van der Waals surface area contributed by atoms with E-state index in [4.69, 9.17) is 0 Å². The number of likely N-dealkylation sites (tertiary alicyclic amines) is 1. The van der Waals surface area contributed by atoms with E-state index in [0.717, 1.165) is 0 Å². The van der Waals surface area contributed by atoms with Crippen molar-refractivity contribution < 1.29 is 18.7 Å². The van der Waals surface area contributed by atoms with Gasteiger partial charge in [-0.1, -0.05) is 6.07 Å². The molecule has 172 valence electrons. The number of nitrogens with zero attached hydrogens (tertiary/aromatic N) is 6. The van der Waals surface area contributed by atoms with Crippen molar-refractivity contribution in [3.63, 3.8) is 0 Å². The van der Waals surface area contributed by atoms with Crippen LogP contribution in [0.2, 0.25) is 0 Å². The van der Waals surface area contributed by atoms with Gasteiger partial charge in [0.2, 0.25) is 0 Å². The van der Waals surface area contributed by atoms with E-state index < -0.39 is 17.7 Å². The molecule has 5 rings (SSSR count). The number of carbonyl (C=O) groups is 1. The maximum atomic E-state index is 14.7. The van der Waals surface area contributed by atoms with Gasteiger partial charge in [-0.15, -0.1) is 0 Å². The molecule has 2 aromatic heterocycles. The number of anilines is 1. The van der Waals surface area contributed by atoms with Crippen molar-refractivity contribution in [2.75, 3.05) is 31.1 Å². The van der Waals surface area contributed by atoms with Crippen LogP contribution in [0, 0.1) is 23.5 Å². The number of rotatable bonds is 5. The SMILES string of the molecule is CC(O)Cc1nc(N2C[C@H]3CN(C(=O)c4c(F)cccc4-n4nccn4)C[C@H]3C2)ccc1F. The summed E-state index contributed by atoms with van der Waals surface area (Å²) in [6, 6.07) is 7.45. The molecule has 3 atom stereocenters. The topological polar surface area (TPSA) is 87.4 Å². The van der Waals surface area contributed by atoms with Gasteiger partial charge in [-0.05, 0) is 31.2 Å². The Morgan fingerprint density at radius 3 is 2.42 bits per heavy atom. The van der Waals surface area contributed by atoms with E-state index in [1.54, 1.807) is 24.0 Å². The smallest absolute Gasteiger partial charge is 0.259 e. The second-order valence-electron chi connectivity index (χ2n) is 8.74. The minimum atomic E-state index is -0.681. The Morgan fingerprint density at radius 1 is 1.06 bits per heavy atom. The summed E-state index contributed by atoms with van der Waals surface area (Å²) in [5.74, 6) is -0.322. The van der Waals surface area contributed by atoms with Crippen LogP contribution in [-0.2, 0) is 6.42 Å². The molecule has 2 aliphatic rings. The molecule has 10 heteroatoms. The second kappa shape index (κ2) is 8.51. The average Bonchev–Trinajstić information content (AvgIpc) is 3.51. The van der Waals surface area contributed by atoms with Gasteiger partial charge < -0.3 is 14.9 Å². The molecule has 1 amide bonds. The van der Waals surface area contributed by atoms with E-state index in [0.29, 0.717) is 37.7 Å². The number of carbonyl (C=O) groups excluding carboxylic acids is 1. The van der Waals surface area contributed by atoms with Crippen LogP contribution >= 0.6 is 0 Å². The fraction of sp³-hybridized carbons (Fsp3) is 0.391. The molecule has 1 aromatic carbocycles. The zero-order valence-corrected chi connectivity index (χ0v) is 18.1. The highest BCUT2D eigenvalue weighted by Crippen LogP contribution is 2.35. The first-order valence-corrected chi connectivity index (χ1v) is 10.9. The normalized spacial score (nSPS) is 20.8. The third-order valence-electron chi connectivity index (χ3n) is 6.33. The predicted molar refractivity (Wildman–Crippen MR) is 116 cm³/mol. The Labute approximate surface area is 189 Å². The van der Waals surface area contributed by atoms with Gasteiger partial charge in [-0.3, -0.25) is 4.79 Å². The maximum Gasteiger partial charge on any atom is 0.259 e. The van der Waals surface area contributed by atoms with Gasteiger partial charge in [-0.25, -0.2) is 13.8 Å². The quantitative estimate of drug-likeness (QED) is 0.635. The molecule has 4 heterocycles. The molecule has 0 bridgehead atoms. The fourth-order valence-corrected chi connectivity index (χ4v) is 4.81. The molecule has 2 saturated heterocycles. The standard InChI is InChI=1S/C23H24F2N6O2/c1-14(32)9-19-17(24)5-6-21(28-19)29-10-15-12-30(13-16(15)11-29)23(33)22-18(25)3-2-4-20(22)31-26-7-8-27-31/h2-8,14-16,32H,9-13H2,1H3/t14?,15-,16+. The fourth-order valence-electron chi connectivity index (χ4n) is 4.81. The number of benzene rings is 1. The molecule has 1 N–H and O–H groups in total. The van der Waals surface area contributed by atoms with Crippen molar-refractivity contribution in [3.8, 4) is 5.69 Å². The summed E-state index contributed by atoms with van der Waals surface area (Å²) in [6.07, 6.45) is 2.42. The number of pyridine rings is 1. The summed E-state index contributed by atoms with van der Waals surface area (Å²) in [5, 5.41) is 17.7. The Bertz CT molecular complexity index is 1160. The van der Waals surface area contributed by atoms with Crippen molar-refractivity contribution in [3.05, 3.63) is 65.6 Å². The summed E-state index contributed by atoms with van der Waals surface area (Å²) in [5.41, 5.74) is 0.522. The van der Waals surface area contributed by atoms with Crippen LogP contribution < -0.4 is 4.90 Å². The van der Waals surface area contributed by atoms with E-state index >= 15 is 0 Å². The summed E-state index contributed by atoms with van der Waals surface area (Å²) in [4.78, 5) is 22.7. The van der Waals surface area contributed by atoms with Gasteiger partial charge in [-0.2, -0.15) is 15.0 Å². The zero-order chi connectivity index (χ0) is 23.1. The third kappa shape index (κ3) is 4.06. The lowest BCUT2D eigenvalue weighted by Crippen LogP contribution is -2.34. The highest BCUT2D eigenvalue weighted by atomic mass is 19.1. The van der Waals surface area contributed by atoms with Gasteiger partial charge in [0, 0.05) is 44.4 Å². The van der Waals surface area contributed by atoms with Gasteiger partial charge in [0.25, 0.3) is 5.91 Å². The molecule has 2 aliphatic heterocycles. The lowest BCUT2D eigenvalue weighted by atomic mass is 10.0. The Hall–Kier alpha value is -3.40. The van der Waals surface area contributed by atoms with Crippen LogP contribution in [-0.4, -0.2) is 68.2 Å². The summed E-state index contributed by atoms with van der Waals surface area (Å²) in [7, 11) is 0. The summed E-state index contributed by atoms with van der Waals surface area (Å²) in [6.45, 7) is 3.95. The minimum Gasteiger partial charge on any atom is -0.393 e. The third-order valence-corrected chi connectivity index (χ3v) is 6.33. The largest absolute Gasteiger partial charge is 0.393 e.